The van der Waals surface area contributed by atoms with Gasteiger partial charge in [-0.05, 0) is 31.2 Å². The highest BCUT2D eigenvalue weighted by Crippen LogP contribution is 2.16. The Labute approximate surface area is 168 Å². The van der Waals surface area contributed by atoms with E-state index in [0.29, 0.717) is 6.54 Å². The second kappa shape index (κ2) is 9.22. The predicted octanol–water partition coefficient (Wildman–Crippen LogP) is -0.0547. The molecule has 5 nitrogen and oxygen atoms in total. The Balaban J connectivity index is 1.75. The fraction of sp³-hybridized carbons (Fsp3) is 0.435. The van der Waals surface area contributed by atoms with Crippen LogP contribution in [-0.2, 0) is 0 Å². The number of aryl methyl sites for hydroxylation is 1. The molecule has 1 heterocycles. The van der Waals surface area contributed by atoms with Crippen molar-refractivity contribution in [1.82, 2.24) is 5.32 Å². The zero-order chi connectivity index (χ0) is 20.1. The van der Waals surface area contributed by atoms with Crippen LogP contribution in [0.1, 0.15) is 27.5 Å². The molecule has 1 amide bonds. The molecule has 1 aliphatic heterocycles. The maximum Gasteiger partial charge on any atom is 0.251 e. The molecule has 1 saturated heterocycles. The highest BCUT2D eigenvalue weighted by atomic mass is 16.1. The van der Waals surface area contributed by atoms with Gasteiger partial charge < -0.3 is 20.0 Å². The van der Waals surface area contributed by atoms with Gasteiger partial charge in [-0.2, -0.15) is 0 Å². The molecule has 28 heavy (non-hydrogen) atoms. The Morgan fingerprint density at radius 3 is 2.36 bits per heavy atom. The first-order valence-electron chi connectivity index (χ1n) is 10.2. The summed E-state index contributed by atoms with van der Waals surface area (Å²) in [7, 11) is 6.38. The number of quaternary nitrogens is 2. The lowest BCUT2D eigenvalue weighted by Crippen LogP contribution is -3.27. The average molecular weight is 383 g/mol. The van der Waals surface area contributed by atoms with Crippen LogP contribution in [-0.4, -0.2) is 59.8 Å². The summed E-state index contributed by atoms with van der Waals surface area (Å²) in [6, 6.07) is 16.8. The number of rotatable bonds is 6. The average Bonchev–Trinajstić information content (AvgIpc) is 2.69. The SMILES string of the molecule is Cc1cccc(C(=O)NC[C@@H](c2ccc(N(C)C)cc2)[NH+]2CC[NH+](C)CC2)c1. The summed E-state index contributed by atoms with van der Waals surface area (Å²) in [5, 5.41) is 3.19. The first-order chi connectivity index (χ1) is 13.4. The number of hydrogen-bond donors (Lipinski definition) is 3. The molecule has 0 radical (unpaired) electrons. The quantitative estimate of drug-likeness (QED) is 0.656. The summed E-state index contributed by atoms with van der Waals surface area (Å²) in [4.78, 5) is 17.9. The Bertz CT molecular complexity index is 779. The van der Waals surface area contributed by atoms with Crippen molar-refractivity contribution >= 4 is 11.6 Å². The molecule has 2 aromatic rings. The Morgan fingerprint density at radius 1 is 1.07 bits per heavy atom. The summed E-state index contributed by atoms with van der Waals surface area (Å²) in [5.74, 6) is 0.0118. The molecule has 3 N–H and O–H groups in total. The van der Waals surface area contributed by atoms with Crippen molar-refractivity contribution in [3.05, 3.63) is 65.2 Å². The second-order valence-corrected chi connectivity index (χ2v) is 8.23. The molecule has 3 rings (SSSR count). The molecule has 0 bridgehead atoms. The number of likely N-dealkylation sites (N-methyl/N-ethyl adjacent to an activating group) is 1. The predicted molar refractivity (Wildman–Crippen MR) is 114 cm³/mol. The summed E-state index contributed by atoms with van der Waals surface area (Å²) in [6.07, 6.45) is 0. The molecule has 2 aromatic carbocycles. The zero-order valence-corrected chi connectivity index (χ0v) is 17.6. The molecule has 0 unspecified atom stereocenters. The molecular weight excluding hydrogens is 348 g/mol. The van der Waals surface area contributed by atoms with Crippen LogP contribution >= 0.6 is 0 Å². The molecule has 5 heteroatoms. The molecular formula is C23H34N4O+2. The number of benzene rings is 2. The molecule has 150 valence electrons. The minimum absolute atomic E-state index is 0.0118. The van der Waals surface area contributed by atoms with Gasteiger partial charge in [0.15, 0.2) is 0 Å². The molecule has 0 aliphatic carbocycles. The molecule has 1 fully saturated rings. The lowest BCUT2D eigenvalue weighted by atomic mass is 10.0. The lowest BCUT2D eigenvalue weighted by Gasteiger charge is -2.33. The first kappa shape index (κ1) is 20.4. The molecule has 1 aliphatic rings. The van der Waals surface area contributed by atoms with Crippen molar-refractivity contribution in [2.24, 2.45) is 0 Å². The Kier molecular flexibility index (Phi) is 6.70. The van der Waals surface area contributed by atoms with Crippen molar-refractivity contribution in [3.8, 4) is 0 Å². The third kappa shape index (κ3) is 5.12. The number of amides is 1. The van der Waals surface area contributed by atoms with Crippen LogP contribution in [0, 0.1) is 6.92 Å². The van der Waals surface area contributed by atoms with E-state index in [2.05, 4.69) is 55.6 Å². The lowest BCUT2D eigenvalue weighted by molar-refractivity contribution is -1.02. The zero-order valence-electron chi connectivity index (χ0n) is 17.6. The van der Waals surface area contributed by atoms with Crippen molar-refractivity contribution in [1.29, 1.82) is 0 Å². The maximum atomic E-state index is 12.7. The summed E-state index contributed by atoms with van der Waals surface area (Å²) in [5.41, 5.74) is 4.34. The minimum Gasteiger partial charge on any atom is -0.378 e. The van der Waals surface area contributed by atoms with Gasteiger partial charge in [0.05, 0.1) is 13.6 Å². The van der Waals surface area contributed by atoms with Crippen LogP contribution in [0.3, 0.4) is 0 Å². The third-order valence-corrected chi connectivity index (χ3v) is 5.80. The molecule has 0 spiro atoms. The van der Waals surface area contributed by atoms with Crippen LogP contribution in [0.15, 0.2) is 48.5 Å². The van der Waals surface area contributed by atoms with E-state index in [-0.39, 0.29) is 11.9 Å². The summed E-state index contributed by atoms with van der Waals surface area (Å²) >= 11 is 0. The van der Waals surface area contributed by atoms with Crippen molar-refractivity contribution < 1.29 is 14.6 Å². The molecule has 0 aromatic heterocycles. The van der Waals surface area contributed by atoms with E-state index in [1.54, 1.807) is 9.80 Å². The van der Waals surface area contributed by atoms with Crippen LogP contribution in [0.2, 0.25) is 0 Å². The van der Waals surface area contributed by atoms with E-state index in [1.807, 2.05) is 31.2 Å². The van der Waals surface area contributed by atoms with Crippen LogP contribution in [0.25, 0.3) is 0 Å². The normalized spacial score (nSPS) is 20.4. The number of piperazine rings is 1. The van der Waals surface area contributed by atoms with Gasteiger partial charge in [-0.15, -0.1) is 0 Å². The van der Waals surface area contributed by atoms with Gasteiger partial charge in [0, 0.05) is 30.9 Å². The summed E-state index contributed by atoms with van der Waals surface area (Å²) in [6.45, 7) is 7.28. The largest absolute Gasteiger partial charge is 0.378 e. The number of anilines is 1. The van der Waals surface area contributed by atoms with Crippen molar-refractivity contribution in [2.45, 2.75) is 13.0 Å². The van der Waals surface area contributed by atoms with E-state index in [0.717, 1.165) is 24.2 Å². The van der Waals surface area contributed by atoms with Gasteiger partial charge in [-0.3, -0.25) is 4.79 Å². The number of nitrogens with one attached hydrogen (secondary N) is 3. The topological polar surface area (TPSA) is 41.2 Å². The number of nitrogens with zero attached hydrogens (tertiary/aromatic N) is 1. The van der Waals surface area contributed by atoms with E-state index in [4.69, 9.17) is 0 Å². The standard InChI is InChI=1S/C23H32N4O/c1-18-6-5-7-20(16-18)23(28)24-17-22(27-14-12-26(4)13-15-27)19-8-10-21(11-9-19)25(2)3/h5-11,16,22H,12-15,17H2,1-4H3,(H,24,28)/p+2/t22-/m0/s1. The van der Waals surface area contributed by atoms with E-state index in [9.17, 15) is 4.79 Å². The van der Waals surface area contributed by atoms with Crippen molar-refractivity contribution in [3.63, 3.8) is 0 Å². The van der Waals surface area contributed by atoms with Crippen LogP contribution in [0.4, 0.5) is 5.69 Å². The number of carbonyl (C=O) groups is 1. The molecule has 0 saturated carbocycles. The Morgan fingerprint density at radius 2 is 1.75 bits per heavy atom. The monoisotopic (exact) mass is 382 g/mol. The van der Waals surface area contributed by atoms with Gasteiger partial charge >= 0.3 is 0 Å². The minimum atomic E-state index is 0.0118. The summed E-state index contributed by atoms with van der Waals surface area (Å²) < 4.78 is 0. The van der Waals surface area contributed by atoms with Gasteiger partial charge in [0.2, 0.25) is 0 Å². The van der Waals surface area contributed by atoms with Crippen LogP contribution < -0.4 is 20.0 Å². The number of carbonyl (C=O) groups excluding carboxylic acids is 1. The second-order valence-electron chi connectivity index (χ2n) is 8.23. The maximum absolute atomic E-state index is 12.7. The van der Waals surface area contributed by atoms with E-state index < -0.39 is 0 Å². The third-order valence-electron chi connectivity index (χ3n) is 5.80. The highest BCUT2D eigenvalue weighted by molar-refractivity contribution is 5.94. The highest BCUT2D eigenvalue weighted by Gasteiger charge is 2.29. The van der Waals surface area contributed by atoms with Crippen LogP contribution in [0.5, 0.6) is 0 Å². The fourth-order valence-electron chi connectivity index (χ4n) is 3.93. The number of hydrogen-bond acceptors (Lipinski definition) is 2. The van der Waals surface area contributed by atoms with E-state index >= 15 is 0 Å². The van der Waals surface area contributed by atoms with Gasteiger partial charge in [-0.25, -0.2) is 0 Å². The molecule has 1 atom stereocenters. The van der Waals surface area contributed by atoms with Gasteiger partial charge in [-0.1, -0.05) is 29.8 Å². The van der Waals surface area contributed by atoms with E-state index in [1.165, 1.54) is 24.3 Å². The van der Waals surface area contributed by atoms with Gasteiger partial charge in [0.1, 0.15) is 32.2 Å². The van der Waals surface area contributed by atoms with Gasteiger partial charge in [0.25, 0.3) is 5.91 Å². The fourth-order valence-corrected chi connectivity index (χ4v) is 3.93. The Hall–Kier alpha value is -2.37. The van der Waals surface area contributed by atoms with Crippen molar-refractivity contribution in [2.75, 3.05) is 58.8 Å². The first-order valence-corrected chi connectivity index (χ1v) is 10.2. The smallest absolute Gasteiger partial charge is 0.251 e.